The maximum absolute atomic E-state index is 5.52. The molecule has 0 aliphatic carbocycles. The maximum Gasteiger partial charge on any atom is 0.0571 e. The van der Waals surface area contributed by atoms with E-state index < -0.39 is 0 Å². The molecule has 0 amide bonds. The third kappa shape index (κ3) is 6.12. The van der Waals surface area contributed by atoms with Crippen molar-refractivity contribution in [2.24, 2.45) is 0 Å². The molecule has 1 aliphatic heterocycles. The van der Waals surface area contributed by atoms with Gasteiger partial charge in [-0.3, -0.25) is 0 Å². The minimum absolute atomic E-state index is 0.499. The van der Waals surface area contributed by atoms with E-state index in [1.54, 1.807) is 0 Å². The number of nitrogens with zero attached hydrogens (tertiary/aromatic N) is 1. The van der Waals surface area contributed by atoms with Gasteiger partial charge >= 0.3 is 0 Å². The Hall–Kier alpha value is 0.270. The zero-order valence-electron chi connectivity index (χ0n) is 10.9. The molecule has 0 unspecified atom stereocenters. The second-order valence-corrected chi connectivity index (χ2v) is 5.82. The second-order valence-electron chi connectivity index (χ2n) is 4.60. The summed E-state index contributed by atoms with van der Waals surface area (Å²) < 4.78 is 5.52. The summed E-state index contributed by atoms with van der Waals surface area (Å²) in [5, 5.41) is 0. The molecule has 1 fully saturated rings. The van der Waals surface area contributed by atoms with E-state index in [-0.39, 0.29) is 0 Å². The summed E-state index contributed by atoms with van der Waals surface area (Å²) in [6.07, 6.45) is 6.86. The monoisotopic (exact) mass is 245 g/mol. The van der Waals surface area contributed by atoms with E-state index in [4.69, 9.17) is 4.74 Å². The van der Waals surface area contributed by atoms with Crippen molar-refractivity contribution in [2.45, 2.75) is 45.1 Å². The topological polar surface area (TPSA) is 12.5 Å². The molecule has 2 nitrogen and oxygen atoms in total. The number of rotatable bonds is 8. The van der Waals surface area contributed by atoms with E-state index in [1.807, 2.05) is 7.11 Å². The van der Waals surface area contributed by atoms with Gasteiger partial charge in [-0.15, -0.1) is 0 Å². The molecule has 0 spiro atoms. The number of thioether (sulfide) groups is 1. The number of unbranched alkanes of at least 4 members (excludes halogenated alkanes) is 1. The predicted octanol–water partition coefficient (Wildman–Crippen LogP) is 3.02. The minimum atomic E-state index is 0.499. The Bertz CT molecular complexity index is 160. The highest BCUT2D eigenvalue weighted by molar-refractivity contribution is 7.99. The number of hydrogen-bond acceptors (Lipinski definition) is 3. The lowest BCUT2D eigenvalue weighted by Gasteiger charge is -2.26. The summed E-state index contributed by atoms with van der Waals surface area (Å²) in [6.45, 7) is 6.10. The van der Waals surface area contributed by atoms with Gasteiger partial charge in [0.05, 0.1) is 6.10 Å². The first-order valence-electron chi connectivity index (χ1n) is 6.69. The van der Waals surface area contributed by atoms with Gasteiger partial charge < -0.3 is 9.64 Å². The van der Waals surface area contributed by atoms with Crippen LogP contribution in [0, 0.1) is 0 Å². The van der Waals surface area contributed by atoms with Gasteiger partial charge in [-0.25, -0.2) is 0 Å². The van der Waals surface area contributed by atoms with Crippen molar-refractivity contribution in [1.29, 1.82) is 0 Å². The van der Waals surface area contributed by atoms with Crippen LogP contribution in [0.1, 0.15) is 39.0 Å². The lowest BCUT2D eigenvalue weighted by Crippen LogP contribution is -2.33. The van der Waals surface area contributed by atoms with E-state index in [1.165, 1.54) is 63.2 Å². The summed E-state index contributed by atoms with van der Waals surface area (Å²) in [7, 11) is 1.86. The van der Waals surface area contributed by atoms with Crippen LogP contribution in [0.2, 0.25) is 0 Å². The molecule has 0 N–H and O–H groups in total. The average molecular weight is 245 g/mol. The molecule has 1 saturated heterocycles. The lowest BCUT2D eigenvalue weighted by atomic mass is 10.1. The largest absolute Gasteiger partial charge is 0.381 e. The van der Waals surface area contributed by atoms with Crippen molar-refractivity contribution in [3.8, 4) is 0 Å². The van der Waals surface area contributed by atoms with E-state index in [9.17, 15) is 0 Å². The fraction of sp³-hybridized carbons (Fsp3) is 1.00. The molecule has 0 aromatic heterocycles. The van der Waals surface area contributed by atoms with E-state index in [0.29, 0.717) is 6.10 Å². The summed E-state index contributed by atoms with van der Waals surface area (Å²) in [4.78, 5) is 2.60. The molecule has 1 rings (SSSR count). The molecule has 1 atom stereocenters. The highest BCUT2D eigenvalue weighted by Gasteiger charge is 2.11. The van der Waals surface area contributed by atoms with Crippen molar-refractivity contribution in [2.75, 3.05) is 38.2 Å². The molecular formula is C13H27NOS. The van der Waals surface area contributed by atoms with Crippen LogP contribution in [0.5, 0.6) is 0 Å². The van der Waals surface area contributed by atoms with E-state index >= 15 is 0 Å². The van der Waals surface area contributed by atoms with Gasteiger partial charge in [0.2, 0.25) is 0 Å². The number of methoxy groups -OCH3 is 1. The second kappa shape index (κ2) is 9.32. The molecule has 1 aliphatic rings. The molecule has 1 heterocycles. The van der Waals surface area contributed by atoms with Crippen LogP contribution in [-0.4, -0.2) is 49.3 Å². The van der Waals surface area contributed by atoms with Crippen LogP contribution < -0.4 is 0 Å². The summed E-state index contributed by atoms with van der Waals surface area (Å²) in [5.41, 5.74) is 0. The van der Waals surface area contributed by atoms with Crippen molar-refractivity contribution in [3.63, 3.8) is 0 Å². The highest BCUT2D eigenvalue weighted by atomic mass is 32.2. The van der Waals surface area contributed by atoms with Gasteiger partial charge in [-0.2, -0.15) is 11.8 Å². The van der Waals surface area contributed by atoms with Gasteiger partial charge in [-0.1, -0.05) is 19.8 Å². The van der Waals surface area contributed by atoms with Gasteiger partial charge in [0, 0.05) is 31.7 Å². The Morgan fingerprint density at radius 3 is 2.50 bits per heavy atom. The van der Waals surface area contributed by atoms with Gasteiger partial charge in [-0.05, 0) is 25.8 Å². The normalized spacial score (nSPS) is 19.9. The zero-order chi connectivity index (χ0) is 11.6. The van der Waals surface area contributed by atoms with E-state index in [0.717, 1.165) is 0 Å². The first-order valence-corrected chi connectivity index (χ1v) is 7.85. The smallest absolute Gasteiger partial charge is 0.0571 e. The van der Waals surface area contributed by atoms with Crippen LogP contribution in [-0.2, 0) is 4.74 Å². The van der Waals surface area contributed by atoms with Crippen molar-refractivity contribution >= 4 is 11.8 Å². The average Bonchev–Trinajstić information content (AvgIpc) is 2.35. The van der Waals surface area contributed by atoms with Gasteiger partial charge in [0.1, 0.15) is 0 Å². The fourth-order valence-electron chi connectivity index (χ4n) is 2.18. The molecule has 0 radical (unpaired) electrons. The molecule has 16 heavy (non-hydrogen) atoms. The number of hydrogen-bond donors (Lipinski definition) is 0. The third-order valence-corrected chi connectivity index (χ3v) is 4.26. The molecular weight excluding hydrogens is 218 g/mol. The van der Waals surface area contributed by atoms with Gasteiger partial charge in [0.15, 0.2) is 0 Å². The quantitative estimate of drug-likeness (QED) is 0.652. The van der Waals surface area contributed by atoms with E-state index in [2.05, 4.69) is 23.6 Å². The SMILES string of the molecule is CCCC[C@@H](CCCN1CCSCC1)OC. The molecule has 96 valence electrons. The van der Waals surface area contributed by atoms with Gasteiger partial charge in [0.25, 0.3) is 0 Å². The number of ether oxygens (including phenoxy) is 1. The third-order valence-electron chi connectivity index (χ3n) is 3.32. The fourth-order valence-corrected chi connectivity index (χ4v) is 3.16. The summed E-state index contributed by atoms with van der Waals surface area (Å²) in [6, 6.07) is 0. The Kier molecular flexibility index (Phi) is 8.34. The molecule has 0 saturated carbocycles. The summed E-state index contributed by atoms with van der Waals surface area (Å²) >= 11 is 2.09. The Labute approximate surface area is 105 Å². The Balaban J connectivity index is 2.02. The first kappa shape index (κ1) is 14.3. The lowest BCUT2D eigenvalue weighted by molar-refractivity contribution is 0.0813. The predicted molar refractivity (Wildman–Crippen MR) is 73.3 cm³/mol. The van der Waals surface area contributed by atoms with Crippen molar-refractivity contribution < 1.29 is 4.74 Å². The first-order chi connectivity index (χ1) is 7.86. The van der Waals surface area contributed by atoms with Crippen LogP contribution in [0.4, 0.5) is 0 Å². The maximum atomic E-state index is 5.52. The van der Waals surface area contributed by atoms with Crippen LogP contribution >= 0.6 is 11.8 Å². The van der Waals surface area contributed by atoms with Crippen LogP contribution in [0.15, 0.2) is 0 Å². The highest BCUT2D eigenvalue weighted by Crippen LogP contribution is 2.13. The van der Waals surface area contributed by atoms with Crippen LogP contribution in [0.25, 0.3) is 0 Å². The Morgan fingerprint density at radius 2 is 1.88 bits per heavy atom. The molecule has 3 heteroatoms. The molecule has 0 bridgehead atoms. The minimum Gasteiger partial charge on any atom is -0.381 e. The van der Waals surface area contributed by atoms with Crippen LogP contribution in [0.3, 0.4) is 0 Å². The zero-order valence-corrected chi connectivity index (χ0v) is 11.7. The summed E-state index contributed by atoms with van der Waals surface area (Å²) in [5.74, 6) is 2.65. The van der Waals surface area contributed by atoms with Crippen molar-refractivity contribution in [1.82, 2.24) is 4.90 Å². The Morgan fingerprint density at radius 1 is 1.19 bits per heavy atom. The standard InChI is InChI=1S/C13H27NOS/c1-3-4-6-13(15-2)7-5-8-14-9-11-16-12-10-14/h13H,3-12H2,1-2H3/t13-/m0/s1. The molecule has 0 aromatic carbocycles. The van der Waals surface area contributed by atoms with Crippen molar-refractivity contribution in [3.05, 3.63) is 0 Å². The molecule has 0 aromatic rings.